The molecule has 0 saturated heterocycles. The average molecular weight is 736 g/mol. The van der Waals surface area contributed by atoms with Crippen LogP contribution < -0.4 is 4.67 Å². The Balaban J connectivity index is 1.16. The van der Waals surface area contributed by atoms with E-state index in [0.717, 1.165) is 39.4 Å². The SMILES string of the molecule is c1ccc(-n2c3ccccc3c3ccc(C4=[N+]=C(n5c6ccc7ccccc7c6c6cc7c8ccccc8n8c9ccccc9c(c65)c78)c5ccccc54)cc32)cc1. The molecule has 0 fully saturated rings. The average Bonchev–Trinajstić information content (AvgIpc) is 4.08. The number of nitrogens with zero attached hydrogens (tertiary/aromatic N) is 4. The lowest BCUT2D eigenvalue weighted by molar-refractivity contribution is 1.18. The van der Waals surface area contributed by atoms with E-state index in [2.05, 4.69) is 202 Å². The molecule has 0 N–H and O–H groups in total. The van der Waals surface area contributed by atoms with E-state index >= 15 is 0 Å². The van der Waals surface area contributed by atoms with E-state index in [-0.39, 0.29) is 0 Å². The summed E-state index contributed by atoms with van der Waals surface area (Å²) in [5.41, 5.74) is 13.9. The zero-order valence-electron chi connectivity index (χ0n) is 31.2. The van der Waals surface area contributed by atoms with Crippen molar-refractivity contribution in [2.24, 2.45) is 0 Å². The second-order valence-electron chi connectivity index (χ2n) is 15.7. The normalized spacial score (nSPS) is 13.1. The summed E-state index contributed by atoms with van der Waals surface area (Å²) in [5, 5.41) is 12.5. The van der Waals surface area contributed by atoms with Gasteiger partial charge < -0.3 is 8.97 Å². The third-order valence-corrected chi connectivity index (χ3v) is 12.8. The van der Waals surface area contributed by atoms with Crippen LogP contribution in [0.1, 0.15) is 16.7 Å². The van der Waals surface area contributed by atoms with Gasteiger partial charge in [-0.3, -0.25) is 0 Å². The van der Waals surface area contributed by atoms with E-state index in [9.17, 15) is 0 Å². The summed E-state index contributed by atoms with van der Waals surface area (Å²) in [6.07, 6.45) is 0. The molecule has 0 atom stereocenters. The molecule has 0 bridgehead atoms. The topological polar surface area (TPSA) is 28.4 Å². The molecule has 0 saturated carbocycles. The van der Waals surface area contributed by atoms with Gasteiger partial charge in [-0.2, -0.15) is 4.57 Å². The molecule has 4 heteroatoms. The fraction of sp³-hybridized carbons (Fsp3) is 0. The van der Waals surface area contributed by atoms with Crippen molar-refractivity contribution in [2.45, 2.75) is 0 Å². The van der Waals surface area contributed by atoms with Crippen molar-refractivity contribution < 1.29 is 0 Å². The highest BCUT2D eigenvalue weighted by Gasteiger charge is 2.37. The van der Waals surface area contributed by atoms with Crippen LogP contribution in [-0.2, 0) is 0 Å². The highest BCUT2D eigenvalue weighted by Crippen LogP contribution is 2.47. The van der Waals surface area contributed by atoms with Crippen molar-refractivity contribution in [1.29, 1.82) is 0 Å². The van der Waals surface area contributed by atoms with Crippen LogP contribution in [0.5, 0.6) is 0 Å². The maximum Gasteiger partial charge on any atom is 0.389 e. The monoisotopic (exact) mass is 735 g/mol. The number of para-hydroxylation sites is 4. The first kappa shape index (κ1) is 30.3. The highest BCUT2D eigenvalue weighted by molar-refractivity contribution is 6.39. The molecule has 13 aromatic rings. The summed E-state index contributed by atoms with van der Waals surface area (Å²) in [4.78, 5) is 0. The Kier molecular flexibility index (Phi) is 5.70. The Morgan fingerprint density at radius 2 is 0.983 bits per heavy atom. The van der Waals surface area contributed by atoms with E-state index in [1.54, 1.807) is 0 Å². The zero-order chi connectivity index (χ0) is 37.6. The minimum Gasteiger partial charge on any atom is -0.309 e. The summed E-state index contributed by atoms with van der Waals surface area (Å²) >= 11 is 0. The predicted octanol–water partition coefficient (Wildman–Crippen LogP) is 12.4. The van der Waals surface area contributed by atoms with Gasteiger partial charge in [0.1, 0.15) is 5.52 Å². The number of fused-ring (bicyclic) bond motifs is 16. The number of hydrogen-bond acceptors (Lipinski definition) is 0. The maximum atomic E-state index is 5.76. The largest absolute Gasteiger partial charge is 0.389 e. The van der Waals surface area contributed by atoms with Gasteiger partial charge in [0, 0.05) is 49.0 Å². The molecule has 0 aliphatic carbocycles. The van der Waals surface area contributed by atoms with Gasteiger partial charge >= 0.3 is 5.84 Å². The lowest BCUT2D eigenvalue weighted by atomic mass is 9.98. The molecule has 0 spiro atoms. The van der Waals surface area contributed by atoms with Crippen molar-refractivity contribution >= 4 is 104 Å². The second kappa shape index (κ2) is 10.9. The molecule has 5 heterocycles. The third kappa shape index (κ3) is 3.73. The minimum absolute atomic E-state index is 0.951. The van der Waals surface area contributed by atoms with E-state index < -0.39 is 0 Å². The lowest BCUT2D eigenvalue weighted by Crippen LogP contribution is -2.14. The minimum atomic E-state index is 0.951. The molecule has 14 rings (SSSR count). The van der Waals surface area contributed by atoms with Crippen molar-refractivity contribution in [3.05, 3.63) is 205 Å². The van der Waals surface area contributed by atoms with E-state index in [4.69, 9.17) is 4.67 Å². The molecule has 0 unspecified atom stereocenters. The van der Waals surface area contributed by atoms with Crippen LogP contribution in [0.3, 0.4) is 0 Å². The first-order chi connectivity index (χ1) is 28.8. The molecular weight excluding hydrogens is 705 g/mol. The molecule has 58 heavy (non-hydrogen) atoms. The number of benzene rings is 9. The Morgan fingerprint density at radius 1 is 0.345 bits per heavy atom. The smallest absolute Gasteiger partial charge is 0.309 e. The fourth-order valence-electron chi connectivity index (χ4n) is 10.5. The summed E-state index contributed by atoms with van der Waals surface area (Å²) in [6.45, 7) is 0. The number of aromatic nitrogens is 3. The van der Waals surface area contributed by atoms with Crippen LogP contribution in [0.15, 0.2) is 188 Å². The van der Waals surface area contributed by atoms with Gasteiger partial charge in [-0.1, -0.05) is 121 Å². The Bertz CT molecular complexity index is 4000. The molecule has 0 amide bonds. The molecule has 0 radical (unpaired) electrons. The van der Waals surface area contributed by atoms with Gasteiger partial charge in [0.15, 0.2) is 5.52 Å². The summed E-state index contributed by atoms with van der Waals surface area (Å²) < 4.78 is 13.1. The Morgan fingerprint density at radius 3 is 1.81 bits per heavy atom. The van der Waals surface area contributed by atoms with Crippen molar-refractivity contribution in [3.63, 3.8) is 0 Å². The van der Waals surface area contributed by atoms with Gasteiger partial charge in [0.25, 0.3) is 0 Å². The maximum absolute atomic E-state index is 5.76. The predicted molar refractivity (Wildman–Crippen MR) is 244 cm³/mol. The van der Waals surface area contributed by atoms with Crippen molar-refractivity contribution in [1.82, 2.24) is 18.2 Å². The van der Waals surface area contributed by atoms with Crippen LogP contribution >= 0.6 is 0 Å². The number of hydrogen-bond donors (Lipinski definition) is 0. The third-order valence-electron chi connectivity index (χ3n) is 12.8. The van der Waals surface area contributed by atoms with Crippen LogP contribution in [0.25, 0.3) is 98.2 Å². The zero-order valence-corrected chi connectivity index (χ0v) is 31.2. The van der Waals surface area contributed by atoms with Gasteiger partial charge in [0.2, 0.25) is 5.71 Å². The standard InChI is InChI=1S/C54H31N4/c1-2-15-34(16-3-1)56-44-23-11-8-18-36(44)38-28-26-33(30-48(38)56)51-39-20-6-7-21-40(39)54(55-51)58-47-29-27-32-14-4-5-17-35(32)49(47)43-31-42-37-19-9-12-24-45(37)57-46-25-13-10-22-41(46)50(52(42)57)53(43)58/h1-31H/q+1. The first-order valence-electron chi connectivity index (χ1n) is 20.0. The van der Waals surface area contributed by atoms with Crippen molar-refractivity contribution in [3.8, 4) is 5.69 Å². The number of rotatable bonds is 2. The molecule has 9 aromatic carbocycles. The van der Waals surface area contributed by atoms with E-state index in [0.29, 0.717) is 0 Å². The lowest BCUT2D eigenvalue weighted by Gasteiger charge is -2.08. The van der Waals surface area contributed by atoms with Crippen LogP contribution in [0.4, 0.5) is 0 Å². The second-order valence-corrected chi connectivity index (χ2v) is 15.7. The van der Waals surface area contributed by atoms with Gasteiger partial charge in [-0.05, 0) is 77.5 Å². The van der Waals surface area contributed by atoms with Gasteiger partial charge in [-0.25, -0.2) is 4.67 Å². The highest BCUT2D eigenvalue weighted by atomic mass is 15.1. The van der Waals surface area contributed by atoms with Crippen molar-refractivity contribution in [2.75, 3.05) is 0 Å². The van der Waals surface area contributed by atoms with E-state index in [1.165, 1.54) is 87.0 Å². The summed E-state index contributed by atoms with van der Waals surface area (Å²) in [7, 11) is 0. The van der Waals surface area contributed by atoms with Gasteiger partial charge in [-0.15, -0.1) is 0 Å². The molecular formula is C54H31N4+. The quantitative estimate of drug-likeness (QED) is 0.158. The summed E-state index contributed by atoms with van der Waals surface area (Å²) in [5.74, 6) is 0.951. The fourth-order valence-corrected chi connectivity index (χ4v) is 10.5. The molecule has 1 aliphatic rings. The Labute approximate surface area is 331 Å². The van der Waals surface area contributed by atoms with Crippen LogP contribution in [0.2, 0.25) is 0 Å². The first-order valence-corrected chi connectivity index (χ1v) is 20.0. The molecule has 4 aromatic heterocycles. The van der Waals surface area contributed by atoms with Crippen LogP contribution in [0, 0.1) is 0 Å². The summed E-state index contributed by atoms with van der Waals surface area (Å²) in [6, 6.07) is 68.8. The molecule has 4 nitrogen and oxygen atoms in total. The van der Waals surface area contributed by atoms with Gasteiger partial charge in [0.05, 0.1) is 44.1 Å². The van der Waals surface area contributed by atoms with Crippen LogP contribution in [-0.4, -0.2) is 25.1 Å². The molecule has 266 valence electrons. The Hall–Kier alpha value is -7.91. The van der Waals surface area contributed by atoms with E-state index in [1.807, 2.05) is 0 Å². The molecule has 1 aliphatic heterocycles.